The van der Waals surface area contributed by atoms with Crippen molar-refractivity contribution in [3.63, 3.8) is 0 Å². The summed E-state index contributed by atoms with van der Waals surface area (Å²) in [6.45, 7) is 5.79. The molecule has 2 aromatic rings. The summed E-state index contributed by atoms with van der Waals surface area (Å²) >= 11 is 12.0. The topological polar surface area (TPSA) is 49.4 Å². The van der Waals surface area contributed by atoms with Crippen molar-refractivity contribution in [2.24, 2.45) is 0 Å². The molecule has 2 aromatic carbocycles. The van der Waals surface area contributed by atoms with Gasteiger partial charge in [0.1, 0.15) is 6.54 Å². The van der Waals surface area contributed by atoms with Gasteiger partial charge in [0.15, 0.2) is 0 Å². The minimum absolute atomic E-state index is 0.0213. The fraction of sp³-hybridized carbons (Fsp3) is 0.300. The second-order valence-electron chi connectivity index (χ2n) is 6.29. The molecule has 26 heavy (non-hydrogen) atoms. The highest BCUT2D eigenvalue weighted by Crippen LogP contribution is 2.21. The average Bonchev–Trinajstić information content (AvgIpc) is 2.53. The number of aryl methyl sites for hydroxylation is 2. The molecule has 0 fully saturated rings. The summed E-state index contributed by atoms with van der Waals surface area (Å²) < 4.78 is 0. The molecule has 0 spiro atoms. The van der Waals surface area contributed by atoms with Crippen LogP contribution >= 0.6 is 23.2 Å². The first kappa shape index (κ1) is 20.3. The van der Waals surface area contributed by atoms with Gasteiger partial charge in [0, 0.05) is 29.2 Å². The summed E-state index contributed by atoms with van der Waals surface area (Å²) in [7, 11) is 0. The quantitative estimate of drug-likeness (QED) is 0.795. The summed E-state index contributed by atoms with van der Waals surface area (Å²) in [5, 5.41) is 3.99. The molecule has 2 rings (SSSR count). The number of anilines is 1. The number of halogens is 2. The third-order valence-corrected chi connectivity index (χ3v) is 4.52. The van der Waals surface area contributed by atoms with Gasteiger partial charge in [-0.25, -0.2) is 0 Å². The molecule has 2 amide bonds. The summed E-state index contributed by atoms with van der Waals surface area (Å²) in [4.78, 5) is 25.7. The van der Waals surface area contributed by atoms with E-state index in [1.807, 2.05) is 38.1 Å². The van der Waals surface area contributed by atoms with Gasteiger partial charge in [0.2, 0.25) is 11.8 Å². The normalized spacial score (nSPS) is 10.5. The Labute approximate surface area is 164 Å². The highest BCUT2D eigenvalue weighted by molar-refractivity contribution is 6.35. The molecule has 0 radical (unpaired) electrons. The maximum atomic E-state index is 12.3. The van der Waals surface area contributed by atoms with Gasteiger partial charge in [-0.1, -0.05) is 35.3 Å². The molecule has 0 aliphatic rings. The maximum absolute atomic E-state index is 12.3. The van der Waals surface area contributed by atoms with Crippen LogP contribution in [-0.4, -0.2) is 24.9 Å². The first-order valence-corrected chi connectivity index (χ1v) is 9.09. The van der Waals surface area contributed by atoms with Gasteiger partial charge in [-0.15, -0.1) is 0 Å². The molecule has 0 bridgehead atoms. The summed E-state index contributed by atoms with van der Waals surface area (Å²) in [6, 6.07) is 11.1. The van der Waals surface area contributed by atoms with Crippen molar-refractivity contribution in [3.05, 3.63) is 63.1 Å². The van der Waals surface area contributed by atoms with E-state index in [0.29, 0.717) is 23.0 Å². The lowest BCUT2D eigenvalue weighted by Gasteiger charge is -2.21. The fourth-order valence-electron chi connectivity index (χ4n) is 2.75. The Morgan fingerprint density at radius 2 is 1.69 bits per heavy atom. The minimum atomic E-state index is -0.218. The lowest BCUT2D eigenvalue weighted by Crippen LogP contribution is -2.40. The Hall–Kier alpha value is -2.04. The van der Waals surface area contributed by atoms with E-state index < -0.39 is 0 Å². The monoisotopic (exact) mass is 392 g/mol. The van der Waals surface area contributed by atoms with Gasteiger partial charge in [-0.05, 0) is 61.2 Å². The number of amides is 2. The van der Waals surface area contributed by atoms with Crippen LogP contribution in [0.15, 0.2) is 36.4 Å². The zero-order chi connectivity index (χ0) is 19.3. The van der Waals surface area contributed by atoms with E-state index in [1.165, 1.54) is 11.8 Å². The molecule has 1 N–H and O–H groups in total. The van der Waals surface area contributed by atoms with E-state index in [2.05, 4.69) is 5.32 Å². The zero-order valence-corrected chi connectivity index (χ0v) is 16.6. The molecular weight excluding hydrogens is 371 g/mol. The number of benzene rings is 2. The molecular formula is C20H22Cl2N2O2. The second-order valence-corrected chi connectivity index (χ2v) is 7.13. The van der Waals surface area contributed by atoms with Gasteiger partial charge >= 0.3 is 0 Å². The van der Waals surface area contributed by atoms with Crippen molar-refractivity contribution in [2.75, 3.05) is 18.0 Å². The molecule has 138 valence electrons. The molecule has 0 saturated heterocycles. The Morgan fingerprint density at radius 1 is 1.04 bits per heavy atom. The predicted octanol–water partition coefficient (Wildman–Crippen LogP) is 4.32. The van der Waals surface area contributed by atoms with Crippen molar-refractivity contribution < 1.29 is 9.59 Å². The standard InChI is InChI=1S/C20H22Cl2N2O2/c1-13-8-14(2)10-18(9-13)24(15(3)25)12-20(26)23-7-6-16-4-5-17(21)11-19(16)22/h4-5,8-11H,6-7,12H2,1-3H3,(H,23,26). The minimum Gasteiger partial charge on any atom is -0.354 e. The first-order valence-electron chi connectivity index (χ1n) is 8.33. The number of hydrogen-bond acceptors (Lipinski definition) is 2. The van der Waals surface area contributed by atoms with Gasteiger partial charge in [0.25, 0.3) is 0 Å². The average molecular weight is 393 g/mol. The largest absolute Gasteiger partial charge is 0.354 e. The van der Waals surface area contributed by atoms with E-state index in [4.69, 9.17) is 23.2 Å². The summed E-state index contributed by atoms with van der Waals surface area (Å²) in [5.41, 5.74) is 3.73. The molecule has 0 heterocycles. The van der Waals surface area contributed by atoms with Crippen LogP contribution in [-0.2, 0) is 16.0 Å². The van der Waals surface area contributed by atoms with Crippen LogP contribution in [0.25, 0.3) is 0 Å². The van der Waals surface area contributed by atoms with Crippen molar-refractivity contribution in [3.8, 4) is 0 Å². The molecule has 0 atom stereocenters. The third kappa shape index (κ3) is 5.75. The van der Waals surface area contributed by atoms with Crippen LogP contribution < -0.4 is 10.2 Å². The van der Waals surface area contributed by atoms with E-state index in [0.717, 1.165) is 22.4 Å². The molecule has 0 aliphatic carbocycles. The Bertz CT molecular complexity index is 801. The Morgan fingerprint density at radius 3 is 2.27 bits per heavy atom. The van der Waals surface area contributed by atoms with Crippen molar-refractivity contribution in [1.82, 2.24) is 5.32 Å². The van der Waals surface area contributed by atoms with Crippen molar-refractivity contribution in [1.29, 1.82) is 0 Å². The zero-order valence-electron chi connectivity index (χ0n) is 15.1. The lowest BCUT2D eigenvalue weighted by molar-refractivity contribution is -0.123. The Balaban J connectivity index is 1.96. The van der Waals surface area contributed by atoms with E-state index in [-0.39, 0.29) is 18.4 Å². The SMILES string of the molecule is CC(=O)N(CC(=O)NCCc1ccc(Cl)cc1Cl)c1cc(C)cc(C)c1. The molecule has 0 aromatic heterocycles. The number of hydrogen-bond donors (Lipinski definition) is 1. The van der Waals surface area contributed by atoms with Gasteiger partial charge in [-0.2, -0.15) is 0 Å². The predicted molar refractivity (Wildman–Crippen MR) is 107 cm³/mol. The number of nitrogens with zero attached hydrogens (tertiary/aromatic N) is 1. The smallest absolute Gasteiger partial charge is 0.240 e. The Kier molecular flexibility index (Phi) is 7.06. The third-order valence-electron chi connectivity index (χ3n) is 3.93. The summed E-state index contributed by atoms with van der Waals surface area (Å²) in [5.74, 6) is -0.393. The van der Waals surface area contributed by atoms with Crippen LogP contribution in [0.5, 0.6) is 0 Å². The maximum Gasteiger partial charge on any atom is 0.240 e. The van der Waals surface area contributed by atoms with Gasteiger partial charge < -0.3 is 10.2 Å². The van der Waals surface area contributed by atoms with E-state index >= 15 is 0 Å². The molecule has 0 aliphatic heterocycles. The van der Waals surface area contributed by atoms with Crippen LogP contribution in [0.3, 0.4) is 0 Å². The van der Waals surface area contributed by atoms with Crippen LogP contribution in [0.1, 0.15) is 23.6 Å². The molecule has 6 heteroatoms. The van der Waals surface area contributed by atoms with Gasteiger partial charge in [0.05, 0.1) is 0 Å². The molecule has 0 saturated carbocycles. The van der Waals surface area contributed by atoms with Crippen molar-refractivity contribution in [2.45, 2.75) is 27.2 Å². The second kappa shape index (κ2) is 9.06. The molecule has 0 unspecified atom stereocenters. The van der Waals surface area contributed by atoms with Gasteiger partial charge in [-0.3, -0.25) is 9.59 Å². The summed E-state index contributed by atoms with van der Waals surface area (Å²) in [6.07, 6.45) is 0.589. The fourth-order valence-corrected chi connectivity index (χ4v) is 3.25. The number of nitrogens with one attached hydrogen (secondary N) is 1. The number of carbonyl (C=O) groups excluding carboxylic acids is 2. The highest BCUT2D eigenvalue weighted by Gasteiger charge is 2.16. The van der Waals surface area contributed by atoms with Crippen LogP contribution in [0.4, 0.5) is 5.69 Å². The molecule has 4 nitrogen and oxygen atoms in total. The lowest BCUT2D eigenvalue weighted by atomic mass is 10.1. The first-order chi connectivity index (χ1) is 12.3. The van der Waals surface area contributed by atoms with Crippen LogP contribution in [0.2, 0.25) is 10.0 Å². The number of carbonyl (C=O) groups is 2. The van der Waals surface area contributed by atoms with Crippen molar-refractivity contribution >= 4 is 40.7 Å². The van der Waals surface area contributed by atoms with Crippen LogP contribution in [0, 0.1) is 13.8 Å². The van der Waals surface area contributed by atoms with E-state index in [1.54, 1.807) is 12.1 Å². The van der Waals surface area contributed by atoms with E-state index in [9.17, 15) is 9.59 Å². The number of rotatable bonds is 6. The highest BCUT2D eigenvalue weighted by atomic mass is 35.5.